The molecule has 2 aromatic carbocycles. The summed E-state index contributed by atoms with van der Waals surface area (Å²) in [5.74, 6) is 0.266. The highest BCUT2D eigenvalue weighted by atomic mass is 35.5. The molecule has 1 saturated heterocycles. The number of carbonyl (C=O) groups excluding carboxylic acids is 2. The van der Waals surface area contributed by atoms with Gasteiger partial charge in [-0.3, -0.25) is 14.5 Å². The van der Waals surface area contributed by atoms with Gasteiger partial charge in [-0.2, -0.15) is 0 Å². The van der Waals surface area contributed by atoms with Crippen LogP contribution in [0.5, 0.6) is 5.75 Å². The molecule has 0 bridgehead atoms. The summed E-state index contributed by atoms with van der Waals surface area (Å²) in [6.07, 6.45) is 0. The van der Waals surface area contributed by atoms with E-state index in [2.05, 4.69) is 15.5 Å². The van der Waals surface area contributed by atoms with Crippen LogP contribution in [0.25, 0.3) is 0 Å². The van der Waals surface area contributed by atoms with E-state index in [1.54, 1.807) is 42.5 Å². The third-order valence-electron chi connectivity index (χ3n) is 4.42. The van der Waals surface area contributed by atoms with Crippen LogP contribution in [0.15, 0.2) is 42.5 Å². The Morgan fingerprint density at radius 2 is 1.66 bits per heavy atom. The van der Waals surface area contributed by atoms with Crippen molar-refractivity contribution in [1.82, 2.24) is 4.90 Å². The number of rotatable bonds is 7. The number of morpholine rings is 1. The van der Waals surface area contributed by atoms with Crippen molar-refractivity contribution in [3.05, 3.63) is 53.1 Å². The van der Waals surface area contributed by atoms with Crippen molar-refractivity contribution in [1.29, 1.82) is 0 Å². The molecule has 0 aromatic heterocycles. The smallest absolute Gasteiger partial charge is 0.262 e. The Morgan fingerprint density at radius 3 is 2.28 bits per heavy atom. The van der Waals surface area contributed by atoms with Crippen LogP contribution in [-0.4, -0.2) is 56.2 Å². The summed E-state index contributed by atoms with van der Waals surface area (Å²) in [5, 5.41) is 6.24. The van der Waals surface area contributed by atoms with E-state index in [-0.39, 0.29) is 18.4 Å². The molecule has 0 aliphatic carbocycles. The summed E-state index contributed by atoms with van der Waals surface area (Å²) in [7, 11) is 0. The number of amides is 2. The number of hydrogen-bond donors (Lipinski definition) is 2. The van der Waals surface area contributed by atoms with Gasteiger partial charge in [0.15, 0.2) is 6.61 Å². The van der Waals surface area contributed by atoms with E-state index in [0.29, 0.717) is 41.9 Å². The fourth-order valence-corrected chi connectivity index (χ4v) is 3.14. The second kappa shape index (κ2) is 10.2. The quantitative estimate of drug-likeness (QED) is 0.724. The Bertz CT molecular complexity index is 852. The number of aryl methyl sites for hydroxylation is 1. The number of halogens is 1. The molecule has 7 nitrogen and oxygen atoms in total. The number of carbonyl (C=O) groups is 2. The Morgan fingerprint density at radius 1 is 1.03 bits per heavy atom. The van der Waals surface area contributed by atoms with E-state index in [1.807, 2.05) is 6.92 Å². The van der Waals surface area contributed by atoms with Crippen LogP contribution in [0.2, 0.25) is 5.02 Å². The summed E-state index contributed by atoms with van der Waals surface area (Å²) in [5.41, 5.74) is 2.16. The minimum atomic E-state index is -0.275. The SMILES string of the molecule is Cc1cc(Cl)ccc1OCC(=O)Nc1ccc(NC(=O)CN2CCOCC2)cc1. The second-order valence-electron chi connectivity index (χ2n) is 6.76. The van der Waals surface area contributed by atoms with Gasteiger partial charge in [-0.05, 0) is 55.0 Å². The summed E-state index contributed by atoms with van der Waals surface area (Å²) >= 11 is 5.91. The molecule has 0 saturated carbocycles. The lowest BCUT2D eigenvalue weighted by Gasteiger charge is -2.25. The molecule has 0 radical (unpaired) electrons. The number of benzene rings is 2. The first-order valence-corrected chi connectivity index (χ1v) is 9.76. The summed E-state index contributed by atoms with van der Waals surface area (Å²) in [4.78, 5) is 26.3. The molecule has 1 aliphatic rings. The van der Waals surface area contributed by atoms with Gasteiger partial charge >= 0.3 is 0 Å². The first-order valence-electron chi connectivity index (χ1n) is 9.38. The Labute approximate surface area is 174 Å². The zero-order valence-electron chi connectivity index (χ0n) is 16.2. The fraction of sp³-hybridized carbons (Fsp3) is 0.333. The number of nitrogens with one attached hydrogen (secondary N) is 2. The third kappa shape index (κ3) is 6.74. The lowest BCUT2D eigenvalue weighted by molar-refractivity contribution is -0.119. The Kier molecular flexibility index (Phi) is 7.46. The van der Waals surface area contributed by atoms with Crippen LogP contribution >= 0.6 is 11.6 Å². The molecule has 3 rings (SSSR count). The van der Waals surface area contributed by atoms with Crippen molar-refractivity contribution in [3.8, 4) is 5.75 Å². The van der Waals surface area contributed by atoms with Gasteiger partial charge in [-0.25, -0.2) is 0 Å². The monoisotopic (exact) mass is 417 g/mol. The highest BCUT2D eigenvalue weighted by molar-refractivity contribution is 6.30. The number of ether oxygens (including phenoxy) is 2. The molecule has 1 heterocycles. The van der Waals surface area contributed by atoms with Gasteiger partial charge in [-0.15, -0.1) is 0 Å². The summed E-state index contributed by atoms with van der Waals surface area (Å²) in [6, 6.07) is 12.2. The predicted octanol–water partition coefficient (Wildman–Crippen LogP) is 2.94. The van der Waals surface area contributed by atoms with Gasteiger partial charge in [0.2, 0.25) is 5.91 Å². The lowest BCUT2D eigenvalue weighted by atomic mass is 10.2. The van der Waals surface area contributed by atoms with Crippen LogP contribution in [0.4, 0.5) is 11.4 Å². The van der Waals surface area contributed by atoms with Crippen molar-refractivity contribution in [3.63, 3.8) is 0 Å². The van der Waals surface area contributed by atoms with Crippen molar-refractivity contribution < 1.29 is 19.1 Å². The molecular weight excluding hydrogens is 394 g/mol. The molecule has 154 valence electrons. The predicted molar refractivity (Wildman–Crippen MR) is 113 cm³/mol. The van der Waals surface area contributed by atoms with Gasteiger partial charge in [-0.1, -0.05) is 11.6 Å². The molecule has 2 aromatic rings. The fourth-order valence-electron chi connectivity index (χ4n) is 2.91. The second-order valence-corrected chi connectivity index (χ2v) is 7.20. The number of anilines is 2. The van der Waals surface area contributed by atoms with Gasteiger partial charge in [0.25, 0.3) is 5.91 Å². The Hall–Kier alpha value is -2.61. The Balaban J connectivity index is 1.44. The minimum absolute atomic E-state index is 0.0737. The van der Waals surface area contributed by atoms with E-state index >= 15 is 0 Å². The zero-order chi connectivity index (χ0) is 20.6. The van der Waals surface area contributed by atoms with E-state index in [4.69, 9.17) is 21.1 Å². The van der Waals surface area contributed by atoms with E-state index in [1.165, 1.54) is 0 Å². The van der Waals surface area contributed by atoms with Crippen LogP contribution < -0.4 is 15.4 Å². The molecule has 0 atom stereocenters. The van der Waals surface area contributed by atoms with Crippen molar-refractivity contribution in [2.45, 2.75) is 6.92 Å². The average molecular weight is 418 g/mol. The number of hydrogen-bond acceptors (Lipinski definition) is 5. The molecule has 2 N–H and O–H groups in total. The molecule has 29 heavy (non-hydrogen) atoms. The van der Waals surface area contributed by atoms with Gasteiger partial charge in [0.05, 0.1) is 19.8 Å². The van der Waals surface area contributed by atoms with Crippen LogP contribution in [-0.2, 0) is 14.3 Å². The average Bonchev–Trinajstić information content (AvgIpc) is 2.69. The molecule has 0 spiro atoms. The van der Waals surface area contributed by atoms with Crippen LogP contribution in [0.1, 0.15) is 5.56 Å². The van der Waals surface area contributed by atoms with E-state index in [0.717, 1.165) is 18.7 Å². The van der Waals surface area contributed by atoms with Crippen molar-refractivity contribution in [2.24, 2.45) is 0 Å². The molecule has 1 aliphatic heterocycles. The van der Waals surface area contributed by atoms with Gasteiger partial charge in [0, 0.05) is 29.5 Å². The van der Waals surface area contributed by atoms with Gasteiger partial charge in [0.1, 0.15) is 5.75 Å². The molecule has 1 fully saturated rings. The molecule has 2 amide bonds. The summed E-state index contributed by atoms with van der Waals surface area (Å²) in [6.45, 7) is 4.92. The molecular formula is C21H24ClN3O4. The first-order chi connectivity index (χ1) is 14.0. The first kappa shape index (κ1) is 21.1. The highest BCUT2D eigenvalue weighted by Crippen LogP contribution is 2.21. The normalized spacial score (nSPS) is 14.3. The third-order valence-corrected chi connectivity index (χ3v) is 4.65. The van der Waals surface area contributed by atoms with Crippen LogP contribution in [0, 0.1) is 6.92 Å². The van der Waals surface area contributed by atoms with E-state index in [9.17, 15) is 9.59 Å². The van der Waals surface area contributed by atoms with Crippen LogP contribution in [0.3, 0.4) is 0 Å². The summed E-state index contributed by atoms with van der Waals surface area (Å²) < 4.78 is 10.8. The standard InChI is InChI=1S/C21H24ClN3O4/c1-15-12-16(22)2-7-19(15)29-14-21(27)24-18-5-3-17(4-6-18)23-20(26)13-25-8-10-28-11-9-25/h2-7,12H,8-11,13-14H2,1H3,(H,23,26)(H,24,27). The maximum atomic E-state index is 12.1. The van der Waals surface area contributed by atoms with Crippen molar-refractivity contribution >= 4 is 34.8 Å². The number of nitrogens with zero attached hydrogens (tertiary/aromatic N) is 1. The maximum Gasteiger partial charge on any atom is 0.262 e. The minimum Gasteiger partial charge on any atom is -0.483 e. The van der Waals surface area contributed by atoms with E-state index < -0.39 is 0 Å². The zero-order valence-corrected chi connectivity index (χ0v) is 17.0. The topological polar surface area (TPSA) is 79.9 Å². The molecule has 0 unspecified atom stereocenters. The molecule has 8 heteroatoms. The van der Waals surface area contributed by atoms with Crippen molar-refractivity contribution in [2.75, 3.05) is 50.1 Å². The lowest BCUT2D eigenvalue weighted by Crippen LogP contribution is -2.41. The van der Waals surface area contributed by atoms with Gasteiger partial charge < -0.3 is 20.1 Å². The highest BCUT2D eigenvalue weighted by Gasteiger charge is 2.14. The largest absolute Gasteiger partial charge is 0.483 e. The maximum absolute atomic E-state index is 12.1.